The number of hydrogen-bond acceptors (Lipinski definition) is 5. The number of carbonyl (C=O) groups is 1. The van der Waals surface area contributed by atoms with Gasteiger partial charge < -0.3 is 19.7 Å². The van der Waals surface area contributed by atoms with Crippen LogP contribution in [-0.4, -0.2) is 41.8 Å². The molecule has 5 nitrogen and oxygen atoms in total. The van der Waals surface area contributed by atoms with Crippen LogP contribution in [0, 0.1) is 0 Å². The van der Waals surface area contributed by atoms with E-state index in [0.717, 1.165) is 7.11 Å². The highest BCUT2D eigenvalue weighted by Gasteiger charge is 2.35. The molecule has 0 unspecified atom stereocenters. The first-order valence-electron chi connectivity index (χ1n) is 2.77. The highest BCUT2D eigenvalue weighted by molar-refractivity contribution is 6.17. The highest BCUT2D eigenvalue weighted by Crippen LogP contribution is 2.03. The van der Waals surface area contributed by atoms with Gasteiger partial charge in [0.25, 0.3) is 0 Å². The molecule has 0 aliphatic heterocycles. The predicted octanol–water partition coefficient (Wildman–Crippen LogP) is -0.947. The molecule has 0 spiro atoms. The van der Waals surface area contributed by atoms with Crippen molar-refractivity contribution in [3.8, 4) is 0 Å². The topological polar surface area (TPSA) is 76.0 Å². The molecule has 0 rings (SSSR count). The number of methoxy groups -OCH3 is 1. The van der Waals surface area contributed by atoms with E-state index in [1.807, 2.05) is 0 Å². The molecular weight excluding hydrogens is 176 g/mol. The van der Waals surface area contributed by atoms with Crippen LogP contribution in [-0.2, 0) is 14.3 Å². The van der Waals surface area contributed by atoms with E-state index in [9.17, 15) is 4.79 Å². The van der Waals surface area contributed by atoms with Gasteiger partial charge in [0.2, 0.25) is 0 Å². The SMILES string of the molecule is COC(=O)C(O)(O)OCCCl. The van der Waals surface area contributed by atoms with E-state index in [1.165, 1.54) is 0 Å². The van der Waals surface area contributed by atoms with Gasteiger partial charge in [-0.2, -0.15) is 0 Å². The van der Waals surface area contributed by atoms with Crippen molar-refractivity contribution in [3.05, 3.63) is 0 Å². The fraction of sp³-hybridized carbons (Fsp3) is 0.800. The lowest BCUT2D eigenvalue weighted by Crippen LogP contribution is -2.42. The van der Waals surface area contributed by atoms with Crippen molar-refractivity contribution in [2.24, 2.45) is 0 Å². The Morgan fingerprint density at radius 2 is 2.18 bits per heavy atom. The van der Waals surface area contributed by atoms with Gasteiger partial charge >= 0.3 is 11.9 Å². The molecule has 66 valence electrons. The summed E-state index contributed by atoms with van der Waals surface area (Å²) in [5, 5.41) is 17.4. The summed E-state index contributed by atoms with van der Waals surface area (Å²) in [5.41, 5.74) is 0. The monoisotopic (exact) mass is 184 g/mol. The lowest BCUT2D eigenvalue weighted by Gasteiger charge is -2.17. The third kappa shape index (κ3) is 3.52. The second kappa shape index (κ2) is 4.50. The fourth-order valence-electron chi connectivity index (χ4n) is 0.373. The van der Waals surface area contributed by atoms with E-state index in [4.69, 9.17) is 21.8 Å². The summed E-state index contributed by atoms with van der Waals surface area (Å²) in [4.78, 5) is 10.4. The van der Waals surface area contributed by atoms with Gasteiger partial charge in [0.1, 0.15) is 0 Å². The Hall–Kier alpha value is -0.360. The molecule has 0 aliphatic carbocycles. The van der Waals surface area contributed by atoms with Gasteiger partial charge in [-0.1, -0.05) is 0 Å². The molecule has 0 fully saturated rings. The number of alkyl halides is 1. The van der Waals surface area contributed by atoms with Crippen LogP contribution in [0.3, 0.4) is 0 Å². The Labute approximate surface area is 68.5 Å². The zero-order valence-electron chi connectivity index (χ0n) is 5.91. The van der Waals surface area contributed by atoms with E-state index in [1.54, 1.807) is 0 Å². The molecule has 0 aromatic rings. The van der Waals surface area contributed by atoms with E-state index < -0.39 is 11.9 Å². The normalized spacial score (nSPS) is 11.3. The molecule has 0 atom stereocenters. The first-order valence-corrected chi connectivity index (χ1v) is 3.31. The minimum Gasteiger partial charge on any atom is -0.463 e. The maximum Gasteiger partial charge on any atom is 0.397 e. The standard InChI is InChI=1S/C5H9ClO5/c1-10-4(7)5(8,9)11-3-2-6/h8-9H,2-3H2,1H3. The van der Waals surface area contributed by atoms with Crippen molar-refractivity contribution in [1.29, 1.82) is 0 Å². The van der Waals surface area contributed by atoms with Crippen LogP contribution in [0.1, 0.15) is 0 Å². The summed E-state index contributed by atoms with van der Waals surface area (Å²) in [5.74, 6) is -4.11. The number of rotatable bonds is 4. The maximum atomic E-state index is 10.4. The zero-order chi connectivity index (χ0) is 8.91. The zero-order valence-corrected chi connectivity index (χ0v) is 6.67. The minimum absolute atomic E-state index is 0.0554. The first kappa shape index (κ1) is 10.6. The van der Waals surface area contributed by atoms with Crippen LogP contribution < -0.4 is 0 Å². The summed E-state index contributed by atoms with van der Waals surface area (Å²) in [6.07, 6.45) is 0. The Morgan fingerprint density at radius 1 is 1.64 bits per heavy atom. The molecule has 6 heteroatoms. The number of carbonyl (C=O) groups excluding carboxylic acids is 1. The van der Waals surface area contributed by atoms with Gasteiger partial charge in [0.15, 0.2) is 0 Å². The minimum atomic E-state index is -2.89. The maximum absolute atomic E-state index is 10.4. The largest absolute Gasteiger partial charge is 0.463 e. The van der Waals surface area contributed by atoms with E-state index in [-0.39, 0.29) is 12.5 Å². The number of aliphatic hydroxyl groups is 2. The molecule has 0 aromatic carbocycles. The molecule has 0 bridgehead atoms. The van der Waals surface area contributed by atoms with Crippen LogP contribution in [0.5, 0.6) is 0 Å². The second-order valence-corrected chi connectivity index (χ2v) is 2.02. The van der Waals surface area contributed by atoms with Crippen molar-refractivity contribution in [3.63, 3.8) is 0 Å². The predicted molar refractivity (Wildman–Crippen MR) is 35.9 cm³/mol. The average molecular weight is 185 g/mol. The molecule has 11 heavy (non-hydrogen) atoms. The van der Waals surface area contributed by atoms with Crippen molar-refractivity contribution in [1.82, 2.24) is 0 Å². The Kier molecular flexibility index (Phi) is 4.36. The molecule has 0 amide bonds. The quantitative estimate of drug-likeness (QED) is 0.335. The van der Waals surface area contributed by atoms with Gasteiger partial charge in [0, 0.05) is 5.88 Å². The third-order valence-electron chi connectivity index (χ3n) is 0.832. The first-order chi connectivity index (χ1) is 5.04. The Morgan fingerprint density at radius 3 is 2.55 bits per heavy atom. The Balaban J connectivity index is 3.88. The lowest BCUT2D eigenvalue weighted by molar-refractivity contribution is -0.322. The highest BCUT2D eigenvalue weighted by atomic mass is 35.5. The van der Waals surface area contributed by atoms with Crippen LogP contribution >= 0.6 is 11.6 Å². The van der Waals surface area contributed by atoms with Gasteiger partial charge in [-0.05, 0) is 0 Å². The molecule has 0 radical (unpaired) electrons. The molecule has 0 aliphatic rings. The third-order valence-corrected chi connectivity index (χ3v) is 0.986. The van der Waals surface area contributed by atoms with Crippen molar-refractivity contribution in [2.75, 3.05) is 19.6 Å². The summed E-state index contributed by atoms with van der Waals surface area (Å²) in [6, 6.07) is 0. The van der Waals surface area contributed by atoms with Gasteiger partial charge in [0.05, 0.1) is 13.7 Å². The molecule has 0 aromatic heterocycles. The van der Waals surface area contributed by atoms with Crippen molar-refractivity contribution >= 4 is 17.6 Å². The molecule has 2 N–H and O–H groups in total. The lowest BCUT2D eigenvalue weighted by atomic mass is 10.5. The molecule has 0 saturated heterocycles. The number of hydrogen-bond donors (Lipinski definition) is 2. The summed E-state index contributed by atoms with van der Waals surface area (Å²) in [6.45, 7) is -0.149. The average Bonchev–Trinajstić information content (AvgIpc) is 1.99. The summed E-state index contributed by atoms with van der Waals surface area (Å²) < 4.78 is 8.24. The van der Waals surface area contributed by atoms with E-state index >= 15 is 0 Å². The fourth-order valence-corrected chi connectivity index (χ4v) is 0.450. The number of esters is 1. The van der Waals surface area contributed by atoms with Crippen molar-refractivity contribution in [2.45, 2.75) is 5.97 Å². The smallest absolute Gasteiger partial charge is 0.397 e. The Bertz CT molecular complexity index is 135. The number of halogens is 1. The van der Waals surface area contributed by atoms with E-state index in [2.05, 4.69) is 9.47 Å². The van der Waals surface area contributed by atoms with Crippen LogP contribution in [0.2, 0.25) is 0 Å². The molecule has 0 heterocycles. The molecular formula is C5H9ClO5. The van der Waals surface area contributed by atoms with E-state index in [0.29, 0.717) is 0 Å². The summed E-state index contributed by atoms with van der Waals surface area (Å²) >= 11 is 5.16. The van der Waals surface area contributed by atoms with Gasteiger partial charge in [-0.25, -0.2) is 4.79 Å². The molecule has 0 saturated carbocycles. The number of ether oxygens (including phenoxy) is 2. The van der Waals surface area contributed by atoms with Crippen LogP contribution in [0.25, 0.3) is 0 Å². The van der Waals surface area contributed by atoms with Gasteiger partial charge in [-0.3, -0.25) is 0 Å². The van der Waals surface area contributed by atoms with Crippen molar-refractivity contribution < 1.29 is 24.5 Å². The second-order valence-electron chi connectivity index (χ2n) is 1.64. The van der Waals surface area contributed by atoms with Gasteiger partial charge in [-0.15, -0.1) is 11.6 Å². The summed E-state index contributed by atoms with van der Waals surface area (Å²) in [7, 11) is 1.01. The van der Waals surface area contributed by atoms with Crippen LogP contribution in [0.4, 0.5) is 0 Å². The van der Waals surface area contributed by atoms with Crippen LogP contribution in [0.15, 0.2) is 0 Å².